The van der Waals surface area contributed by atoms with Crippen LogP contribution in [0.15, 0.2) is 53.6 Å². The van der Waals surface area contributed by atoms with Gasteiger partial charge in [0.05, 0.1) is 11.8 Å². The Balaban J connectivity index is 1.62. The summed E-state index contributed by atoms with van der Waals surface area (Å²) in [5, 5.41) is 4.48. The molecule has 172 valence electrons. The first-order chi connectivity index (χ1) is 15.6. The van der Waals surface area contributed by atoms with Crippen molar-refractivity contribution in [1.82, 2.24) is 5.43 Å². The largest absolute Gasteiger partial charge is 0.423 e. The topological polar surface area (TPSA) is 67.8 Å². The number of carbonyl (C=O) groups excluding carboxylic acids is 2. The van der Waals surface area contributed by atoms with Crippen LogP contribution in [-0.2, 0) is 4.79 Å². The summed E-state index contributed by atoms with van der Waals surface area (Å²) in [6.07, 6.45) is 13.1. The van der Waals surface area contributed by atoms with Gasteiger partial charge in [-0.05, 0) is 54.4 Å². The predicted octanol–water partition coefficient (Wildman–Crippen LogP) is 6.93. The molecule has 0 aromatic heterocycles. The highest BCUT2D eigenvalue weighted by Gasteiger charge is 2.08. The van der Waals surface area contributed by atoms with Crippen LogP contribution in [0, 0.1) is 0 Å². The number of carbonyl (C=O) groups is 2. The van der Waals surface area contributed by atoms with Crippen LogP contribution in [-0.4, -0.2) is 18.1 Å². The van der Waals surface area contributed by atoms with E-state index in [-0.39, 0.29) is 5.91 Å². The van der Waals surface area contributed by atoms with E-state index in [9.17, 15) is 9.59 Å². The number of benzene rings is 2. The molecule has 0 unspecified atom stereocenters. The number of hydrogen-bond acceptors (Lipinski definition) is 4. The van der Waals surface area contributed by atoms with Gasteiger partial charge in [-0.15, -0.1) is 0 Å². The zero-order chi connectivity index (χ0) is 23.0. The lowest BCUT2D eigenvalue weighted by atomic mass is 10.1. The van der Waals surface area contributed by atoms with Crippen molar-refractivity contribution in [2.24, 2.45) is 5.10 Å². The molecule has 2 aromatic rings. The van der Waals surface area contributed by atoms with Crippen molar-refractivity contribution < 1.29 is 14.3 Å². The molecule has 0 aliphatic rings. The van der Waals surface area contributed by atoms with Gasteiger partial charge in [-0.3, -0.25) is 4.79 Å². The SMILES string of the molecule is CCCCCCCCCCCC(=O)N/N=C/c1ccc(OC(=O)c2cccc(Cl)c2)cc1. The van der Waals surface area contributed by atoms with E-state index < -0.39 is 5.97 Å². The third-order valence-corrected chi connectivity index (χ3v) is 5.30. The number of nitrogens with zero attached hydrogens (tertiary/aromatic N) is 1. The van der Waals surface area contributed by atoms with Crippen LogP contribution in [0.2, 0.25) is 5.02 Å². The molecule has 0 saturated heterocycles. The summed E-state index contributed by atoms with van der Waals surface area (Å²) < 4.78 is 5.34. The molecule has 0 heterocycles. The summed E-state index contributed by atoms with van der Waals surface area (Å²) in [6.45, 7) is 2.23. The standard InChI is InChI=1S/C26H33ClN2O3/c1-2-3-4-5-6-7-8-9-10-14-25(30)29-28-20-21-15-17-24(18-16-21)32-26(31)22-12-11-13-23(27)19-22/h11-13,15-20H,2-10,14H2,1H3,(H,29,30)/b28-20+. The summed E-state index contributed by atoms with van der Waals surface area (Å²) >= 11 is 5.90. The number of hydrazone groups is 1. The molecule has 1 amide bonds. The number of amides is 1. The molecule has 0 atom stereocenters. The second kappa shape index (κ2) is 15.2. The van der Waals surface area contributed by atoms with E-state index in [0.29, 0.717) is 22.8 Å². The summed E-state index contributed by atoms with van der Waals surface area (Å²) in [5.41, 5.74) is 3.74. The second-order valence-corrected chi connectivity index (χ2v) is 8.28. The minimum atomic E-state index is -0.474. The fourth-order valence-electron chi connectivity index (χ4n) is 3.23. The smallest absolute Gasteiger partial charge is 0.343 e. The lowest BCUT2D eigenvalue weighted by Gasteiger charge is -2.05. The van der Waals surface area contributed by atoms with Crippen LogP contribution in [0.3, 0.4) is 0 Å². The number of nitrogens with one attached hydrogen (secondary N) is 1. The van der Waals surface area contributed by atoms with E-state index in [4.69, 9.17) is 16.3 Å². The van der Waals surface area contributed by atoms with E-state index in [2.05, 4.69) is 17.5 Å². The van der Waals surface area contributed by atoms with Crippen molar-refractivity contribution in [3.05, 3.63) is 64.7 Å². The molecular weight excluding hydrogens is 424 g/mol. The van der Waals surface area contributed by atoms with Crippen LogP contribution < -0.4 is 10.2 Å². The van der Waals surface area contributed by atoms with E-state index in [1.807, 2.05) is 0 Å². The first-order valence-corrected chi connectivity index (χ1v) is 11.9. The van der Waals surface area contributed by atoms with Gasteiger partial charge >= 0.3 is 5.97 Å². The number of hydrogen-bond donors (Lipinski definition) is 1. The molecule has 2 rings (SSSR count). The molecule has 1 N–H and O–H groups in total. The maximum absolute atomic E-state index is 12.1. The Kier molecular flexibility index (Phi) is 12.2. The first-order valence-electron chi connectivity index (χ1n) is 11.5. The molecular formula is C26H33ClN2O3. The quantitative estimate of drug-likeness (QED) is 0.110. The summed E-state index contributed by atoms with van der Waals surface area (Å²) in [5.74, 6) is -0.129. The molecule has 0 spiro atoms. The van der Waals surface area contributed by atoms with Gasteiger partial charge < -0.3 is 4.74 Å². The molecule has 0 aliphatic carbocycles. The summed E-state index contributed by atoms with van der Waals surface area (Å²) in [6, 6.07) is 13.5. The number of rotatable bonds is 14. The third-order valence-electron chi connectivity index (χ3n) is 5.06. The molecule has 0 saturated carbocycles. The van der Waals surface area contributed by atoms with Crippen LogP contribution >= 0.6 is 11.6 Å². The lowest BCUT2D eigenvalue weighted by Crippen LogP contribution is -2.16. The van der Waals surface area contributed by atoms with Crippen LogP contribution in [0.4, 0.5) is 0 Å². The highest BCUT2D eigenvalue weighted by molar-refractivity contribution is 6.30. The Bertz CT molecular complexity index is 866. The van der Waals surface area contributed by atoms with Gasteiger partial charge in [-0.2, -0.15) is 5.10 Å². The van der Waals surface area contributed by atoms with Crippen molar-refractivity contribution in [3.8, 4) is 5.75 Å². The van der Waals surface area contributed by atoms with Gasteiger partial charge in [0.25, 0.3) is 0 Å². The van der Waals surface area contributed by atoms with Crippen molar-refractivity contribution in [2.45, 2.75) is 71.1 Å². The molecule has 2 aromatic carbocycles. The van der Waals surface area contributed by atoms with Gasteiger partial charge in [0, 0.05) is 11.4 Å². The summed E-state index contributed by atoms with van der Waals surface area (Å²) in [7, 11) is 0. The van der Waals surface area contributed by atoms with Gasteiger partial charge in [-0.25, -0.2) is 10.2 Å². The maximum atomic E-state index is 12.1. The number of esters is 1. The Morgan fingerprint density at radius 1 is 0.938 bits per heavy atom. The average molecular weight is 457 g/mol. The fourth-order valence-corrected chi connectivity index (χ4v) is 3.42. The molecule has 6 heteroatoms. The molecule has 0 fully saturated rings. The lowest BCUT2D eigenvalue weighted by molar-refractivity contribution is -0.121. The van der Waals surface area contributed by atoms with Crippen LogP contribution in [0.1, 0.15) is 87.1 Å². The Morgan fingerprint density at radius 2 is 1.59 bits per heavy atom. The summed E-state index contributed by atoms with van der Waals surface area (Å²) in [4.78, 5) is 24.0. The third kappa shape index (κ3) is 10.6. The van der Waals surface area contributed by atoms with E-state index in [1.54, 1.807) is 54.7 Å². The van der Waals surface area contributed by atoms with E-state index >= 15 is 0 Å². The maximum Gasteiger partial charge on any atom is 0.343 e. The first kappa shape index (κ1) is 25.6. The monoisotopic (exact) mass is 456 g/mol. The Hall–Kier alpha value is -2.66. The van der Waals surface area contributed by atoms with Crippen LogP contribution in [0.5, 0.6) is 5.75 Å². The number of ether oxygens (including phenoxy) is 1. The Labute approximate surface area is 196 Å². The van der Waals surface area contributed by atoms with Crippen molar-refractivity contribution in [3.63, 3.8) is 0 Å². The van der Waals surface area contributed by atoms with Crippen LogP contribution in [0.25, 0.3) is 0 Å². The van der Waals surface area contributed by atoms with E-state index in [0.717, 1.165) is 18.4 Å². The van der Waals surface area contributed by atoms with Crippen molar-refractivity contribution in [2.75, 3.05) is 0 Å². The minimum absolute atomic E-state index is 0.0729. The number of unbranched alkanes of at least 4 members (excludes halogenated alkanes) is 8. The van der Waals surface area contributed by atoms with Crippen molar-refractivity contribution in [1.29, 1.82) is 0 Å². The zero-order valence-corrected chi connectivity index (χ0v) is 19.6. The second-order valence-electron chi connectivity index (χ2n) is 7.84. The van der Waals surface area contributed by atoms with Crippen molar-refractivity contribution >= 4 is 29.7 Å². The molecule has 0 radical (unpaired) electrons. The molecule has 32 heavy (non-hydrogen) atoms. The van der Waals surface area contributed by atoms with Gasteiger partial charge in [0.15, 0.2) is 0 Å². The number of halogens is 1. The highest BCUT2D eigenvalue weighted by Crippen LogP contribution is 2.16. The van der Waals surface area contributed by atoms with Gasteiger partial charge in [0.2, 0.25) is 5.91 Å². The molecule has 0 bridgehead atoms. The molecule has 5 nitrogen and oxygen atoms in total. The normalized spacial score (nSPS) is 10.9. The predicted molar refractivity (Wildman–Crippen MR) is 130 cm³/mol. The van der Waals surface area contributed by atoms with Gasteiger partial charge in [0.1, 0.15) is 5.75 Å². The highest BCUT2D eigenvalue weighted by atomic mass is 35.5. The van der Waals surface area contributed by atoms with E-state index in [1.165, 1.54) is 44.9 Å². The van der Waals surface area contributed by atoms with Gasteiger partial charge in [-0.1, -0.05) is 76.0 Å². The Morgan fingerprint density at radius 3 is 2.25 bits per heavy atom. The average Bonchev–Trinajstić information content (AvgIpc) is 2.79. The minimum Gasteiger partial charge on any atom is -0.423 e. The molecule has 0 aliphatic heterocycles. The zero-order valence-electron chi connectivity index (χ0n) is 18.8. The fraction of sp³-hybridized carbons (Fsp3) is 0.423.